The van der Waals surface area contributed by atoms with E-state index in [1.807, 2.05) is 25.6 Å². The highest BCUT2D eigenvalue weighted by Gasteiger charge is 2.41. The van der Waals surface area contributed by atoms with Gasteiger partial charge in [-0.3, -0.25) is 4.98 Å². The highest BCUT2D eigenvalue weighted by atomic mass is 16.5. The van der Waals surface area contributed by atoms with Gasteiger partial charge in [0, 0.05) is 57.0 Å². The number of benzene rings is 1. The molecule has 1 aliphatic carbocycles. The fourth-order valence-electron chi connectivity index (χ4n) is 5.41. The maximum Gasteiger partial charge on any atom is 0.150 e. The van der Waals surface area contributed by atoms with Gasteiger partial charge in [0.15, 0.2) is 5.82 Å². The predicted octanol–water partition coefficient (Wildman–Crippen LogP) is 4.41. The number of ether oxygens (including phenoxy) is 1. The van der Waals surface area contributed by atoms with Crippen LogP contribution in [0.4, 0.5) is 11.6 Å². The lowest BCUT2D eigenvalue weighted by atomic mass is 9.85. The van der Waals surface area contributed by atoms with E-state index < -0.39 is 0 Å². The fraction of sp³-hybridized carbons (Fsp3) is 0.500. The Kier molecular flexibility index (Phi) is 4.98. The van der Waals surface area contributed by atoms with Crippen molar-refractivity contribution in [1.82, 2.24) is 15.0 Å². The second kappa shape index (κ2) is 8.00. The lowest BCUT2D eigenvalue weighted by Gasteiger charge is -2.44. The number of methoxy groups -OCH3 is 1. The van der Waals surface area contributed by atoms with Crippen LogP contribution in [0.5, 0.6) is 0 Å². The molecule has 3 aromatic rings. The molecule has 3 fully saturated rings. The molecule has 0 atom stereocenters. The Morgan fingerprint density at radius 1 is 0.969 bits per heavy atom. The Morgan fingerprint density at radius 2 is 1.75 bits per heavy atom. The number of nitrogens with zero attached hydrogens (tertiary/aromatic N) is 5. The summed E-state index contributed by atoms with van der Waals surface area (Å²) in [6.45, 7) is 3.87. The number of hydrogen-bond donors (Lipinski definition) is 0. The van der Waals surface area contributed by atoms with Gasteiger partial charge in [-0.1, -0.05) is 31.0 Å². The third-order valence-corrected chi connectivity index (χ3v) is 7.65. The molecule has 6 rings (SSSR count). The standard InChI is InChI=1S/C26H31N5O/c1-32-26(16-19-6-7-19)10-14-30(15-11-26)25-24(27-12-13-28-25)21-17-31(18-21)23-9-8-20-4-2-3-5-22(20)29-23/h2-5,8-9,12-13,19,21H,6-7,10-11,14-18H2,1H3. The van der Waals surface area contributed by atoms with E-state index >= 15 is 0 Å². The molecule has 6 heteroatoms. The minimum absolute atomic E-state index is 0.0645. The summed E-state index contributed by atoms with van der Waals surface area (Å²) in [6, 6.07) is 12.6. The van der Waals surface area contributed by atoms with Gasteiger partial charge < -0.3 is 14.5 Å². The van der Waals surface area contributed by atoms with Crippen molar-refractivity contribution >= 4 is 22.5 Å². The molecule has 2 aliphatic heterocycles. The van der Waals surface area contributed by atoms with Gasteiger partial charge in [-0.2, -0.15) is 0 Å². The summed E-state index contributed by atoms with van der Waals surface area (Å²) in [5.41, 5.74) is 2.25. The SMILES string of the molecule is COC1(CC2CC2)CCN(c2nccnc2C2CN(c3ccc4ccccc4n3)C2)CC1. The van der Waals surface area contributed by atoms with E-state index in [2.05, 4.69) is 40.1 Å². The van der Waals surface area contributed by atoms with Crippen molar-refractivity contribution in [3.05, 3.63) is 54.5 Å². The van der Waals surface area contributed by atoms with Gasteiger partial charge in [0.2, 0.25) is 0 Å². The Morgan fingerprint density at radius 3 is 2.53 bits per heavy atom. The first-order valence-electron chi connectivity index (χ1n) is 11.9. The van der Waals surface area contributed by atoms with Crippen LogP contribution in [-0.2, 0) is 4.74 Å². The van der Waals surface area contributed by atoms with Gasteiger partial charge in [-0.15, -0.1) is 0 Å². The molecule has 0 spiro atoms. The molecule has 3 aliphatic rings. The molecule has 0 amide bonds. The fourth-order valence-corrected chi connectivity index (χ4v) is 5.41. The van der Waals surface area contributed by atoms with Crippen LogP contribution in [0.2, 0.25) is 0 Å². The van der Waals surface area contributed by atoms with Crippen molar-refractivity contribution in [2.45, 2.75) is 43.6 Å². The lowest BCUT2D eigenvalue weighted by molar-refractivity contribution is -0.0401. The molecule has 32 heavy (non-hydrogen) atoms. The van der Waals surface area contributed by atoms with Crippen LogP contribution in [0.15, 0.2) is 48.8 Å². The average Bonchev–Trinajstić information content (AvgIpc) is 3.63. The number of pyridine rings is 1. The average molecular weight is 430 g/mol. The normalized spacial score (nSPS) is 21.0. The molecular formula is C26H31N5O. The zero-order chi connectivity index (χ0) is 21.5. The first-order valence-corrected chi connectivity index (χ1v) is 11.9. The molecule has 0 bridgehead atoms. The number of aromatic nitrogens is 3. The number of fused-ring (bicyclic) bond motifs is 1. The highest BCUT2D eigenvalue weighted by molar-refractivity contribution is 5.80. The Labute approximate surface area is 189 Å². The molecule has 6 nitrogen and oxygen atoms in total. The molecule has 2 saturated heterocycles. The van der Waals surface area contributed by atoms with Gasteiger partial charge in [-0.25, -0.2) is 9.97 Å². The van der Waals surface area contributed by atoms with Crippen LogP contribution in [-0.4, -0.2) is 53.8 Å². The van der Waals surface area contributed by atoms with Crippen molar-refractivity contribution in [3.63, 3.8) is 0 Å². The maximum absolute atomic E-state index is 6.04. The van der Waals surface area contributed by atoms with Gasteiger partial charge in [0.25, 0.3) is 0 Å². The highest BCUT2D eigenvalue weighted by Crippen LogP contribution is 2.43. The van der Waals surface area contributed by atoms with Gasteiger partial charge >= 0.3 is 0 Å². The van der Waals surface area contributed by atoms with E-state index in [0.29, 0.717) is 5.92 Å². The summed E-state index contributed by atoms with van der Waals surface area (Å²) in [7, 11) is 1.90. The van der Waals surface area contributed by atoms with Crippen molar-refractivity contribution < 1.29 is 4.74 Å². The minimum atomic E-state index is 0.0645. The first-order chi connectivity index (χ1) is 15.7. The largest absolute Gasteiger partial charge is 0.378 e. The Bertz CT molecular complexity index is 1100. The third kappa shape index (κ3) is 3.71. The lowest BCUT2D eigenvalue weighted by Crippen LogP contribution is -2.49. The van der Waals surface area contributed by atoms with Gasteiger partial charge in [-0.05, 0) is 43.4 Å². The summed E-state index contributed by atoms with van der Waals surface area (Å²) in [5, 5.41) is 1.18. The van der Waals surface area contributed by atoms with E-state index in [9.17, 15) is 0 Å². The second-order valence-electron chi connectivity index (χ2n) is 9.75. The molecule has 0 N–H and O–H groups in total. The van der Waals surface area contributed by atoms with E-state index in [1.165, 1.54) is 24.6 Å². The second-order valence-corrected chi connectivity index (χ2v) is 9.75. The van der Waals surface area contributed by atoms with Crippen LogP contribution in [0.25, 0.3) is 10.9 Å². The number of hydrogen-bond acceptors (Lipinski definition) is 6. The summed E-state index contributed by atoms with van der Waals surface area (Å²) in [6.07, 6.45) is 9.82. The molecule has 166 valence electrons. The molecular weight excluding hydrogens is 398 g/mol. The minimum Gasteiger partial charge on any atom is -0.378 e. The summed E-state index contributed by atoms with van der Waals surface area (Å²) >= 11 is 0. The summed E-state index contributed by atoms with van der Waals surface area (Å²) < 4.78 is 6.04. The van der Waals surface area contributed by atoms with Crippen LogP contribution >= 0.6 is 0 Å². The molecule has 1 aromatic carbocycles. The zero-order valence-electron chi connectivity index (χ0n) is 18.8. The third-order valence-electron chi connectivity index (χ3n) is 7.65. The van der Waals surface area contributed by atoms with Crippen molar-refractivity contribution in [1.29, 1.82) is 0 Å². The van der Waals surface area contributed by atoms with Gasteiger partial charge in [0.05, 0.1) is 16.8 Å². The Balaban J connectivity index is 1.14. The molecule has 1 saturated carbocycles. The molecule has 2 aromatic heterocycles. The van der Waals surface area contributed by atoms with Gasteiger partial charge in [0.1, 0.15) is 5.82 Å². The Hall–Kier alpha value is -2.73. The monoisotopic (exact) mass is 429 g/mol. The molecule has 0 radical (unpaired) electrons. The van der Waals surface area contributed by atoms with Crippen LogP contribution in [0.1, 0.15) is 43.7 Å². The van der Waals surface area contributed by atoms with Crippen LogP contribution < -0.4 is 9.80 Å². The van der Waals surface area contributed by atoms with Crippen LogP contribution in [0.3, 0.4) is 0 Å². The maximum atomic E-state index is 6.04. The number of para-hydroxylation sites is 1. The topological polar surface area (TPSA) is 54.4 Å². The van der Waals surface area contributed by atoms with Crippen molar-refractivity contribution in [3.8, 4) is 0 Å². The predicted molar refractivity (Wildman–Crippen MR) is 127 cm³/mol. The number of rotatable bonds is 6. The zero-order valence-corrected chi connectivity index (χ0v) is 18.8. The smallest absolute Gasteiger partial charge is 0.150 e. The van der Waals surface area contributed by atoms with E-state index in [0.717, 1.165) is 67.8 Å². The first kappa shape index (κ1) is 19.9. The van der Waals surface area contributed by atoms with Crippen molar-refractivity contribution in [2.75, 3.05) is 43.1 Å². The summed E-state index contributed by atoms with van der Waals surface area (Å²) in [5.74, 6) is 3.40. The molecule has 4 heterocycles. The van der Waals surface area contributed by atoms with E-state index in [-0.39, 0.29) is 5.60 Å². The van der Waals surface area contributed by atoms with Crippen LogP contribution in [0, 0.1) is 5.92 Å². The number of piperidine rings is 1. The number of anilines is 2. The van der Waals surface area contributed by atoms with Crippen molar-refractivity contribution in [2.24, 2.45) is 5.92 Å². The quantitative estimate of drug-likeness (QED) is 0.578. The van der Waals surface area contributed by atoms with E-state index in [1.54, 1.807) is 0 Å². The summed E-state index contributed by atoms with van der Waals surface area (Å²) in [4.78, 5) is 19.2. The van der Waals surface area contributed by atoms with E-state index in [4.69, 9.17) is 19.7 Å². The molecule has 0 unspecified atom stereocenters.